The van der Waals surface area contributed by atoms with Gasteiger partial charge in [0.15, 0.2) is 0 Å². The summed E-state index contributed by atoms with van der Waals surface area (Å²) < 4.78 is 15.7. The van der Waals surface area contributed by atoms with E-state index < -0.39 is 11.6 Å². The molecular formula is C19H15ClO5. The van der Waals surface area contributed by atoms with Gasteiger partial charge in [-0.05, 0) is 49.8 Å². The first-order chi connectivity index (χ1) is 11.9. The summed E-state index contributed by atoms with van der Waals surface area (Å²) in [6, 6.07) is 8.22. The van der Waals surface area contributed by atoms with E-state index in [1.54, 1.807) is 24.3 Å². The summed E-state index contributed by atoms with van der Waals surface area (Å²) in [5.41, 5.74) is 1.22. The maximum absolute atomic E-state index is 11.9. The second-order valence-electron chi connectivity index (χ2n) is 5.58. The van der Waals surface area contributed by atoms with Gasteiger partial charge in [-0.15, -0.1) is 0 Å². The Morgan fingerprint density at radius 1 is 1.20 bits per heavy atom. The minimum atomic E-state index is -0.548. The molecule has 6 heteroatoms. The van der Waals surface area contributed by atoms with Gasteiger partial charge in [-0.3, -0.25) is 0 Å². The van der Waals surface area contributed by atoms with E-state index in [0.717, 1.165) is 11.3 Å². The van der Waals surface area contributed by atoms with Crippen LogP contribution in [0.5, 0.6) is 0 Å². The van der Waals surface area contributed by atoms with Gasteiger partial charge in [-0.1, -0.05) is 11.6 Å². The molecule has 0 unspecified atom stereocenters. The van der Waals surface area contributed by atoms with Crippen LogP contribution in [-0.2, 0) is 16.1 Å². The standard InChI is InChI=1S/C19H15ClO5/c1-11-7-17-15(9-16(11)20)13(8-19(22)25-17)10-23-18(21)6-5-14-4-3-12(2)24-14/h3-9H,10H2,1-2H3/b6-5+. The van der Waals surface area contributed by atoms with Gasteiger partial charge in [0.2, 0.25) is 0 Å². The molecule has 0 aliphatic rings. The molecular weight excluding hydrogens is 344 g/mol. The summed E-state index contributed by atoms with van der Waals surface area (Å²) in [7, 11) is 0. The van der Waals surface area contributed by atoms with Gasteiger partial charge in [-0.2, -0.15) is 0 Å². The fraction of sp³-hybridized carbons (Fsp3) is 0.158. The van der Waals surface area contributed by atoms with Gasteiger partial charge in [0, 0.05) is 28.1 Å². The molecule has 2 aromatic heterocycles. The molecule has 5 nitrogen and oxygen atoms in total. The molecule has 128 valence electrons. The first-order valence-corrected chi connectivity index (χ1v) is 7.94. The van der Waals surface area contributed by atoms with Gasteiger partial charge in [-0.25, -0.2) is 9.59 Å². The zero-order valence-corrected chi connectivity index (χ0v) is 14.4. The molecule has 0 aliphatic heterocycles. The lowest BCUT2D eigenvalue weighted by molar-refractivity contribution is -0.138. The number of hydrogen-bond donors (Lipinski definition) is 0. The molecule has 0 bridgehead atoms. The first-order valence-electron chi connectivity index (χ1n) is 7.56. The number of ether oxygens (including phenoxy) is 1. The predicted molar refractivity (Wildman–Crippen MR) is 94.5 cm³/mol. The van der Waals surface area contributed by atoms with Crippen molar-refractivity contribution in [2.45, 2.75) is 20.5 Å². The Kier molecular flexibility index (Phi) is 4.76. The van der Waals surface area contributed by atoms with Crippen molar-refractivity contribution in [1.29, 1.82) is 0 Å². The van der Waals surface area contributed by atoms with Gasteiger partial charge < -0.3 is 13.6 Å². The van der Waals surface area contributed by atoms with Crippen molar-refractivity contribution in [3.63, 3.8) is 0 Å². The highest BCUT2D eigenvalue weighted by Gasteiger charge is 2.10. The molecule has 0 spiro atoms. The fourth-order valence-electron chi connectivity index (χ4n) is 2.36. The SMILES string of the molecule is Cc1ccc(/C=C/C(=O)OCc2cc(=O)oc3cc(C)c(Cl)cc23)o1. The van der Waals surface area contributed by atoms with Crippen LogP contribution >= 0.6 is 11.6 Å². The largest absolute Gasteiger partial charge is 0.462 e. The molecule has 0 radical (unpaired) electrons. The molecule has 0 aliphatic carbocycles. The normalized spacial score (nSPS) is 11.3. The zero-order valence-electron chi connectivity index (χ0n) is 13.7. The van der Waals surface area contributed by atoms with Crippen LogP contribution in [0.1, 0.15) is 22.6 Å². The van der Waals surface area contributed by atoms with Crippen molar-refractivity contribution < 1.29 is 18.4 Å². The molecule has 0 saturated heterocycles. The van der Waals surface area contributed by atoms with E-state index in [1.165, 1.54) is 18.2 Å². The molecule has 0 fully saturated rings. The van der Waals surface area contributed by atoms with Crippen LogP contribution in [0.3, 0.4) is 0 Å². The Morgan fingerprint density at radius 3 is 2.72 bits per heavy atom. The van der Waals surface area contributed by atoms with Crippen molar-refractivity contribution >= 4 is 34.6 Å². The highest BCUT2D eigenvalue weighted by atomic mass is 35.5. The number of fused-ring (bicyclic) bond motifs is 1. The zero-order chi connectivity index (χ0) is 18.0. The van der Waals surface area contributed by atoms with E-state index >= 15 is 0 Å². The lowest BCUT2D eigenvalue weighted by Crippen LogP contribution is -2.05. The summed E-state index contributed by atoms with van der Waals surface area (Å²) in [5, 5.41) is 1.18. The Morgan fingerprint density at radius 2 is 2.00 bits per heavy atom. The monoisotopic (exact) mass is 358 g/mol. The first kappa shape index (κ1) is 17.0. The van der Waals surface area contributed by atoms with E-state index in [-0.39, 0.29) is 6.61 Å². The van der Waals surface area contributed by atoms with Crippen molar-refractivity contribution in [3.8, 4) is 0 Å². The van der Waals surface area contributed by atoms with Crippen LogP contribution in [0.2, 0.25) is 5.02 Å². The number of halogens is 1. The highest BCUT2D eigenvalue weighted by Crippen LogP contribution is 2.25. The average Bonchev–Trinajstić information content (AvgIpc) is 2.98. The van der Waals surface area contributed by atoms with E-state index in [9.17, 15) is 9.59 Å². The summed E-state index contributed by atoms with van der Waals surface area (Å²) >= 11 is 6.13. The summed E-state index contributed by atoms with van der Waals surface area (Å²) in [5.74, 6) is 0.763. The number of furan rings is 1. The number of rotatable bonds is 4. The predicted octanol–water partition coefficient (Wildman–Crippen LogP) is 4.41. The lowest BCUT2D eigenvalue weighted by atomic mass is 10.1. The molecule has 0 N–H and O–H groups in total. The van der Waals surface area contributed by atoms with Gasteiger partial charge in [0.1, 0.15) is 23.7 Å². The average molecular weight is 359 g/mol. The quantitative estimate of drug-likeness (QED) is 0.392. The molecule has 3 rings (SSSR count). The second-order valence-corrected chi connectivity index (χ2v) is 5.98. The summed E-state index contributed by atoms with van der Waals surface area (Å²) in [6.45, 7) is 3.56. The molecule has 2 heterocycles. The Bertz CT molecular complexity index is 1030. The molecule has 25 heavy (non-hydrogen) atoms. The third-order valence-electron chi connectivity index (χ3n) is 3.62. The third kappa shape index (κ3) is 4.00. The van der Waals surface area contributed by atoms with E-state index in [0.29, 0.717) is 27.3 Å². The van der Waals surface area contributed by atoms with Crippen molar-refractivity contribution in [2.24, 2.45) is 0 Å². The Labute approximate surface area is 148 Å². The number of carbonyl (C=O) groups excluding carboxylic acids is 1. The second kappa shape index (κ2) is 6.99. The highest BCUT2D eigenvalue weighted by molar-refractivity contribution is 6.32. The van der Waals surface area contributed by atoms with Crippen LogP contribution in [0.25, 0.3) is 17.0 Å². The van der Waals surface area contributed by atoms with Gasteiger partial charge >= 0.3 is 11.6 Å². The van der Waals surface area contributed by atoms with Crippen LogP contribution < -0.4 is 5.63 Å². The minimum absolute atomic E-state index is 0.0676. The van der Waals surface area contributed by atoms with E-state index in [4.69, 9.17) is 25.2 Å². The van der Waals surface area contributed by atoms with Crippen molar-refractivity contribution in [2.75, 3.05) is 0 Å². The maximum Gasteiger partial charge on any atom is 0.336 e. The Hall–Kier alpha value is -2.79. The number of hydrogen-bond acceptors (Lipinski definition) is 5. The van der Waals surface area contributed by atoms with Crippen LogP contribution in [-0.4, -0.2) is 5.97 Å². The molecule has 0 amide bonds. The third-order valence-corrected chi connectivity index (χ3v) is 4.03. The number of benzene rings is 1. The lowest BCUT2D eigenvalue weighted by Gasteiger charge is -2.07. The maximum atomic E-state index is 11.9. The fourth-order valence-corrected chi connectivity index (χ4v) is 2.52. The van der Waals surface area contributed by atoms with Gasteiger partial charge in [0.05, 0.1) is 0 Å². The molecule has 0 atom stereocenters. The number of aryl methyl sites for hydroxylation is 2. The number of carbonyl (C=O) groups is 1. The van der Waals surface area contributed by atoms with Crippen LogP contribution in [0.15, 0.2) is 50.0 Å². The van der Waals surface area contributed by atoms with E-state index in [2.05, 4.69) is 0 Å². The van der Waals surface area contributed by atoms with E-state index in [1.807, 2.05) is 13.8 Å². The molecule has 1 aromatic carbocycles. The van der Waals surface area contributed by atoms with Gasteiger partial charge in [0.25, 0.3) is 0 Å². The van der Waals surface area contributed by atoms with Crippen LogP contribution in [0, 0.1) is 13.8 Å². The summed E-state index contributed by atoms with van der Waals surface area (Å²) in [4.78, 5) is 23.6. The smallest absolute Gasteiger partial charge is 0.336 e. The molecule has 3 aromatic rings. The van der Waals surface area contributed by atoms with Crippen LogP contribution in [0.4, 0.5) is 0 Å². The Balaban J connectivity index is 1.78. The summed E-state index contributed by atoms with van der Waals surface area (Å²) in [6.07, 6.45) is 2.79. The topological polar surface area (TPSA) is 69.7 Å². The number of esters is 1. The van der Waals surface area contributed by atoms with Crippen molar-refractivity contribution in [1.82, 2.24) is 0 Å². The van der Waals surface area contributed by atoms with Crippen molar-refractivity contribution in [3.05, 3.63) is 74.5 Å². The minimum Gasteiger partial charge on any atom is -0.462 e. The molecule has 0 saturated carbocycles.